The van der Waals surface area contributed by atoms with E-state index in [2.05, 4.69) is 31.3 Å². The van der Waals surface area contributed by atoms with Gasteiger partial charge in [-0.15, -0.1) is 0 Å². The average Bonchev–Trinajstić information content (AvgIpc) is 2.79. The van der Waals surface area contributed by atoms with E-state index >= 15 is 0 Å². The molecule has 20 heavy (non-hydrogen) atoms. The lowest BCUT2D eigenvalue weighted by Gasteiger charge is -2.35. The van der Waals surface area contributed by atoms with E-state index in [1.807, 2.05) is 12.1 Å². The summed E-state index contributed by atoms with van der Waals surface area (Å²) in [6, 6.07) is 8.90. The van der Waals surface area contributed by atoms with Crippen molar-refractivity contribution in [1.82, 2.24) is 5.32 Å². The zero-order valence-electron chi connectivity index (χ0n) is 12.3. The minimum Gasteiger partial charge on any atom is -0.461 e. The normalized spacial score (nSPS) is 22.1. The van der Waals surface area contributed by atoms with Crippen molar-refractivity contribution in [2.75, 3.05) is 6.61 Å². The van der Waals surface area contributed by atoms with Gasteiger partial charge >= 0.3 is 0 Å². The number of para-hydroxylation sites is 1. The summed E-state index contributed by atoms with van der Waals surface area (Å²) in [7, 11) is 0. The summed E-state index contributed by atoms with van der Waals surface area (Å²) >= 11 is 0. The molecule has 0 unspecified atom stereocenters. The van der Waals surface area contributed by atoms with Crippen LogP contribution < -0.4 is 5.32 Å². The van der Waals surface area contributed by atoms with Crippen LogP contribution >= 0.6 is 0 Å². The number of ether oxygens (including phenoxy) is 1. The van der Waals surface area contributed by atoms with Gasteiger partial charge in [-0.2, -0.15) is 0 Å². The minimum absolute atomic E-state index is 0.462. The highest BCUT2D eigenvalue weighted by Crippen LogP contribution is 2.28. The maximum absolute atomic E-state index is 5.93. The number of hydrogen-bond donors (Lipinski definition) is 1. The van der Waals surface area contributed by atoms with Gasteiger partial charge in [0.15, 0.2) is 0 Å². The second-order valence-electron chi connectivity index (χ2n) is 5.48. The lowest BCUT2D eigenvalue weighted by Crippen LogP contribution is -2.45. The van der Waals surface area contributed by atoms with Gasteiger partial charge in [0.2, 0.25) is 0 Å². The van der Waals surface area contributed by atoms with Crippen molar-refractivity contribution in [3.8, 4) is 0 Å². The quantitative estimate of drug-likeness (QED) is 0.872. The Morgan fingerprint density at radius 2 is 2.05 bits per heavy atom. The van der Waals surface area contributed by atoms with Crippen molar-refractivity contribution in [1.29, 1.82) is 0 Å². The second kappa shape index (κ2) is 5.98. The molecular weight excluding hydrogens is 250 g/mol. The van der Waals surface area contributed by atoms with E-state index < -0.39 is 0 Å². The van der Waals surface area contributed by atoms with Crippen LogP contribution in [0, 0.1) is 0 Å². The second-order valence-corrected chi connectivity index (χ2v) is 5.48. The lowest BCUT2D eigenvalue weighted by atomic mass is 9.89. The Hall–Kier alpha value is -1.32. The van der Waals surface area contributed by atoms with Gasteiger partial charge in [0.25, 0.3) is 0 Å². The van der Waals surface area contributed by atoms with Crippen molar-refractivity contribution in [3.05, 3.63) is 35.6 Å². The van der Waals surface area contributed by atoms with Crippen molar-refractivity contribution in [3.63, 3.8) is 0 Å². The largest absolute Gasteiger partial charge is 0.461 e. The number of fused-ring (bicyclic) bond motifs is 1. The van der Waals surface area contributed by atoms with E-state index in [1.165, 1.54) is 10.9 Å². The molecule has 0 spiro atoms. The van der Waals surface area contributed by atoms with Crippen LogP contribution in [-0.4, -0.2) is 18.8 Å². The van der Waals surface area contributed by atoms with Crippen molar-refractivity contribution in [2.24, 2.45) is 0 Å². The standard InChI is InChI=1S/C17H23NO2/c1-3-16-15(14-7-5-6-8-17(14)20-16)11-18-12-9-13(10-12)19-4-2/h5-8,12-13,18H,3-4,9-11H2,1-2H3. The highest BCUT2D eigenvalue weighted by atomic mass is 16.5. The molecule has 0 atom stereocenters. The minimum atomic E-state index is 0.462. The number of benzene rings is 1. The predicted octanol–water partition coefficient (Wildman–Crippen LogP) is 3.65. The molecule has 1 heterocycles. The van der Waals surface area contributed by atoms with E-state index in [0.29, 0.717) is 12.1 Å². The number of hydrogen-bond acceptors (Lipinski definition) is 3. The Morgan fingerprint density at radius 1 is 1.25 bits per heavy atom. The molecular formula is C17H23NO2. The first-order valence-electron chi connectivity index (χ1n) is 7.66. The third-order valence-corrected chi connectivity index (χ3v) is 4.17. The monoisotopic (exact) mass is 273 g/mol. The van der Waals surface area contributed by atoms with E-state index in [4.69, 9.17) is 9.15 Å². The van der Waals surface area contributed by atoms with Crippen LogP contribution in [0.2, 0.25) is 0 Å². The summed E-state index contributed by atoms with van der Waals surface area (Å²) in [4.78, 5) is 0. The first kappa shape index (κ1) is 13.7. The summed E-state index contributed by atoms with van der Waals surface area (Å²) in [5, 5.41) is 4.88. The Morgan fingerprint density at radius 3 is 2.80 bits per heavy atom. The lowest BCUT2D eigenvalue weighted by molar-refractivity contribution is -0.0102. The van der Waals surface area contributed by atoms with Crippen LogP contribution in [0.5, 0.6) is 0 Å². The van der Waals surface area contributed by atoms with Crippen molar-refractivity contribution in [2.45, 2.75) is 51.8 Å². The molecule has 0 amide bonds. The molecule has 3 rings (SSSR count). The molecule has 1 aromatic carbocycles. The average molecular weight is 273 g/mol. The molecule has 1 aliphatic rings. The molecule has 2 aromatic rings. The van der Waals surface area contributed by atoms with Crippen molar-refractivity contribution >= 4 is 11.0 Å². The summed E-state index contributed by atoms with van der Waals surface area (Å²) in [5.74, 6) is 1.11. The third kappa shape index (κ3) is 2.60. The van der Waals surface area contributed by atoms with E-state index in [9.17, 15) is 0 Å². The van der Waals surface area contributed by atoms with Crippen molar-refractivity contribution < 1.29 is 9.15 Å². The first-order valence-corrected chi connectivity index (χ1v) is 7.66. The van der Waals surface area contributed by atoms with Crippen LogP contribution in [-0.2, 0) is 17.7 Å². The Balaban J connectivity index is 1.65. The van der Waals surface area contributed by atoms with Gasteiger partial charge in [-0.3, -0.25) is 0 Å². The van der Waals surface area contributed by atoms with Gasteiger partial charge in [-0.1, -0.05) is 25.1 Å². The van der Waals surface area contributed by atoms with Crippen LogP contribution in [0.15, 0.2) is 28.7 Å². The maximum Gasteiger partial charge on any atom is 0.134 e. The highest BCUT2D eigenvalue weighted by molar-refractivity contribution is 5.82. The smallest absolute Gasteiger partial charge is 0.134 e. The molecule has 1 saturated carbocycles. The van der Waals surface area contributed by atoms with Crippen LogP contribution in [0.1, 0.15) is 38.0 Å². The van der Waals surface area contributed by atoms with Gasteiger partial charge in [0, 0.05) is 36.6 Å². The molecule has 108 valence electrons. The Labute approximate surface area is 120 Å². The number of nitrogens with one attached hydrogen (secondary N) is 1. The predicted molar refractivity (Wildman–Crippen MR) is 80.9 cm³/mol. The maximum atomic E-state index is 5.93. The Kier molecular flexibility index (Phi) is 4.08. The topological polar surface area (TPSA) is 34.4 Å². The Bertz CT molecular complexity index is 569. The zero-order chi connectivity index (χ0) is 13.9. The fourth-order valence-electron chi connectivity index (χ4n) is 2.98. The van der Waals surface area contributed by atoms with Gasteiger partial charge < -0.3 is 14.5 Å². The van der Waals surface area contributed by atoms with Crippen LogP contribution in [0.25, 0.3) is 11.0 Å². The highest BCUT2D eigenvalue weighted by Gasteiger charge is 2.29. The van der Waals surface area contributed by atoms with E-state index in [1.54, 1.807) is 0 Å². The summed E-state index contributed by atoms with van der Waals surface area (Å²) in [5.41, 5.74) is 2.32. The van der Waals surface area contributed by atoms with Crippen LogP contribution in [0.4, 0.5) is 0 Å². The number of rotatable bonds is 6. The van der Waals surface area contributed by atoms with E-state index in [0.717, 1.165) is 43.8 Å². The van der Waals surface area contributed by atoms with Crippen LogP contribution in [0.3, 0.4) is 0 Å². The fourth-order valence-corrected chi connectivity index (χ4v) is 2.98. The molecule has 0 bridgehead atoms. The molecule has 1 N–H and O–H groups in total. The first-order chi connectivity index (χ1) is 9.81. The summed E-state index contributed by atoms with van der Waals surface area (Å²) in [6.45, 7) is 5.93. The summed E-state index contributed by atoms with van der Waals surface area (Å²) in [6.07, 6.45) is 3.66. The molecule has 0 aliphatic heterocycles. The summed E-state index contributed by atoms with van der Waals surface area (Å²) < 4.78 is 11.5. The molecule has 0 radical (unpaired) electrons. The van der Waals surface area contributed by atoms with Gasteiger partial charge in [-0.05, 0) is 25.8 Å². The fraction of sp³-hybridized carbons (Fsp3) is 0.529. The van der Waals surface area contributed by atoms with Gasteiger partial charge in [0.05, 0.1) is 6.10 Å². The van der Waals surface area contributed by atoms with E-state index in [-0.39, 0.29) is 0 Å². The number of furan rings is 1. The SMILES string of the molecule is CCOC1CC(NCc2c(CC)oc3ccccc23)C1. The third-order valence-electron chi connectivity index (χ3n) is 4.17. The van der Waals surface area contributed by atoms with Gasteiger partial charge in [0.1, 0.15) is 11.3 Å². The molecule has 3 nitrogen and oxygen atoms in total. The van der Waals surface area contributed by atoms with Gasteiger partial charge in [-0.25, -0.2) is 0 Å². The molecule has 1 aromatic heterocycles. The molecule has 0 saturated heterocycles. The zero-order valence-corrected chi connectivity index (χ0v) is 12.3. The molecule has 1 aliphatic carbocycles. The number of aryl methyl sites for hydroxylation is 1. The molecule has 3 heteroatoms. The molecule has 1 fully saturated rings.